The number of ether oxygens (including phenoxy) is 1. The van der Waals surface area contributed by atoms with Crippen molar-refractivity contribution in [1.29, 1.82) is 5.26 Å². The average Bonchev–Trinajstić information content (AvgIpc) is 2.96. The van der Waals surface area contributed by atoms with E-state index in [-0.39, 0.29) is 41.9 Å². The number of rotatable bonds is 5. The van der Waals surface area contributed by atoms with Crippen molar-refractivity contribution in [1.82, 2.24) is 4.98 Å². The van der Waals surface area contributed by atoms with Crippen LogP contribution in [0.5, 0.6) is 0 Å². The van der Waals surface area contributed by atoms with E-state index in [0.717, 1.165) is 17.2 Å². The number of anilines is 1. The molecule has 40 heavy (non-hydrogen) atoms. The van der Waals surface area contributed by atoms with Crippen LogP contribution in [0.2, 0.25) is 0 Å². The summed E-state index contributed by atoms with van der Waals surface area (Å²) >= 11 is 1.67. The Labute approximate surface area is 238 Å². The summed E-state index contributed by atoms with van der Waals surface area (Å²) in [5, 5.41) is 12.6. The van der Waals surface area contributed by atoms with Gasteiger partial charge in [-0.05, 0) is 55.0 Å². The summed E-state index contributed by atoms with van der Waals surface area (Å²) in [6, 6.07) is 9.05. The number of nitrogens with one attached hydrogen (secondary N) is 1. The van der Waals surface area contributed by atoms with Gasteiger partial charge in [-0.15, -0.1) is 11.8 Å². The molecule has 212 valence electrons. The van der Waals surface area contributed by atoms with Gasteiger partial charge in [-0.25, -0.2) is 13.8 Å². The normalized spacial score (nSPS) is 32.1. The third-order valence-electron chi connectivity index (χ3n) is 8.86. The molecule has 0 spiro atoms. The smallest absolute Gasteiger partial charge is 0.274 e. The maximum Gasteiger partial charge on any atom is 0.274 e. The number of hydrogen-bond donors (Lipinski definition) is 2. The first-order valence-corrected chi connectivity index (χ1v) is 14.8. The fourth-order valence-electron chi connectivity index (χ4n) is 6.33. The number of nitrogens with zero attached hydrogens (tertiary/aromatic N) is 3. The molecule has 1 amide bonds. The number of alkyl halides is 1. The minimum absolute atomic E-state index is 0.0271. The summed E-state index contributed by atoms with van der Waals surface area (Å²) in [4.78, 5) is 22.2. The molecule has 2 fully saturated rings. The van der Waals surface area contributed by atoms with Crippen LogP contribution in [0.25, 0.3) is 0 Å². The molecule has 1 saturated heterocycles. The second-order valence-electron chi connectivity index (χ2n) is 11.5. The lowest BCUT2D eigenvalue weighted by Gasteiger charge is -2.49. The number of pyridine rings is 1. The van der Waals surface area contributed by atoms with E-state index in [4.69, 9.17) is 20.7 Å². The lowest BCUT2D eigenvalue weighted by atomic mass is 9.66. The number of halogens is 2. The number of carbonyl (C=O) groups is 1. The Morgan fingerprint density at radius 3 is 2.83 bits per heavy atom. The number of amides is 1. The molecule has 3 aliphatic rings. The molecule has 4 unspecified atom stereocenters. The first-order valence-electron chi connectivity index (χ1n) is 13.8. The SMILES string of the molecule is CC(C)[C@H]1C[C@@H](F)C(C)C(N)C1C1=N[C@@]2(c3cc(NC(=O)c4ccc(C#N)cn4)ccc3F)COCCC2CS1. The fraction of sp³-hybridized carbons (Fsp3) is 0.533. The molecule has 1 saturated carbocycles. The van der Waals surface area contributed by atoms with Crippen molar-refractivity contribution >= 4 is 28.4 Å². The van der Waals surface area contributed by atoms with Crippen LogP contribution in [0, 0.1) is 46.7 Å². The summed E-state index contributed by atoms with van der Waals surface area (Å²) in [6.45, 7) is 6.83. The molecule has 10 heteroatoms. The lowest BCUT2D eigenvalue weighted by Crippen LogP contribution is -2.55. The van der Waals surface area contributed by atoms with Gasteiger partial charge in [-0.2, -0.15) is 5.26 Å². The van der Waals surface area contributed by atoms with E-state index >= 15 is 4.39 Å². The zero-order valence-electron chi connectivity index (χ0n) is 22.9. The number of carbonyl (C=O) groups excluding carboxylic acids is 1. The van der Waals surface area contributed by atoms with E-state index in [1.807, 2.05) is 13.0 Å². The van der Waals surface area contributed by atoms with E-state index in [1.54, 1.807) is 17.8 Å². The van der Waals surface area contributed by atoms with E-state index < -0.39 is 29.5 Å². The number of nitrogens with two attached hydrogens (primary N) is 1. The zero-order valence-corrected chi connectivity index (χ0v) is 23.8. The fourth-order valence-corrected chi connectivity index (χ4v) is 7.90. The van der Waals surface area contributed by atoms with Gasteiger partial charge in [0.15, 0.2) is 0 Å². The predicted molar refractivity (Wildman–Crippen MR) is 152 cm³/mol. The van der Waals surface area contributed by atoms with Gasteiger partial charge >= 0.3 is 0 Å². The highest BCUT2D eigenvalue weighted by atomic mass is 32.2. The molecule has 7 atom stereocenters. The molecule has 1 aromatic carbocycles. The van der Waals surface area contributed by atoms with Gasteiger partial charge in [0.1, 0.15) is 29.3 Å². The third kappa shape index (κ3) is 5.27. The second-order valence-corrected chi connectivity index (χ2v) is 12.6. The standard InChI is InChI=1S/C30H35F2N5O2S/c1-16(2)21-11-24(32)17(3)27(34)26(21)29-37-30(15-39-9-8-19(30)14-40-29)22-10-20(5-6-23(22)31)36-28(38)25-7-4-18(12-33)13-35-25/h4-7,10,13,16-17,19,21,24,26-27H,8-9,11,14-15,34H2,1-3H3,(H,36,38)/t17?,19?,21-,24-,26?,27?,30+/m1/s1. The molecule has 1 aliphatic carbocycles. The molecule has 0 radical (unpaired) electrons. The van der Waals surface area contributed by atoms with Gasteiger partial charge in [0.05, 0.1) is 17.2 Å². The highest BCUT2D eigenvalue weighted by Crippen LogP contribution is 2.50. The lowest BCUT2D eigenvalue weighted by molar-refractivity contribution is 0.00200. The van der Waals surface area contributed by atoms with Crippen LogP contribution in [0.15, 0.2) is 41.5 Å². The van der Waals surface area contributed by atoms with Crippen LogP contribution in [0.1, 0.15) is 55.2 Å². The minimum Gasteiger partial charge on any atom is -0.379 e. The Morgan fingerprint density at radius 1 is 1.32 bits per heavy atom. The first kappa shape index (κ1) is 28.7. The number of thioether (sulfide) groups is 1. The van der Waals surface area contributed by atoms with E-state index in [2.05, 4.69) is 24.1 Å². The number of benzene rings is 1. The molecule has 3 N–H and O–H groups in total. The van der Waals surface area contributed by atoms with Gasteiger partial charge in [0, 0.05) is 53.6 Å². The van der Waals surface area contributed by atoms with Gasteiger partial charge in [0.2, 0.25) is 0 Å². The molecule has 2 aliphatic heterocycles. The first-order chi connectivity index (χ1) is 19.1. The number of aromatic nitrogens is 1. The van der Waals surface area contributed by atoms with E-state index in [1.165, 1.54) is 30.5 Å². The topological polar surface area (TPSA) is 113 Å². The summed E-state index contributed by atoms with van der Waals surface area (Å²) in [5.74, 6) is -0.319. The van der Waals surface area contributed by atoms with Crippen LogP contribution in [-0.2, 0) is 10.3 Å². The van der Waals surface area contributed by atoms with Crippen molar-refractivity contribution in [2.75, 3.05) is 24.3 Å². The number of aliphatic imine (C=N–C) groups is 1. The molecular formula is C30H35F2N5O2S. The van der Waals surface area contributed by atoms with Crippen LogP contribution < -0.4 is 11.1 Å². The van der Waals surface area contributed by atoms with Crippen molar-refractivity contribution in [2.24, 2.45) is 40.3 Å². The molecule has 7 nitrogen and oxygen atoms in total. The van der Waals surface area contributed by atoms with E-state index in [0.29, 0.717) is 29.8 Å². The predicted octanol–water partition coefficient (Wildman–Crippen LogP) is 5.32. The second kappa shape index (κ2) is 11.6. The Kier molecular flexibility index (Phi) is 8.27. The molecule has 3 heterocycles. The summed E-state index contributed by atoms with van der Waals surface area (Å²) in [5.41, 5.74) is 6.97. The number of fused-ring (bicyclic) bond motifs is 1. The Balaban J connectivity index is 1.52. The van der Waals surface area contributed by atoms with Crippen LogP contribution in [0.4, 0.5) is 14.5 Å². The molecule has 0 bridgehead atoms. The Morgan fingerprint density at radius 2 is 2.12 bits per heavy atom. The summed E-state index contributed by atoms with van der Waals surface area (Å²) in [6.07, 6.45) is 1.53. The largest absolute Gasteiger partial charge is 0.379 e. The zero-order chi connectivity index (χ0) is 28.6. The van der Waals surface area contributed by atoms with Crippen LogP contribution in [0.3, 0.4) is 0 Å². The molecule has 2 aromatic rings. The van der Waals surface area contributed by atoms with Gasteiger partial charge < -0.3 is 15.8 Å². The van der Waals surface area contributed by atoms with E-state index in [9.17, 15) is 9.18 Å². The highest BCUT2D eigenvalue weighted by Gasteiger charge is 2.51. The van der Waals surface area contributed by atoms with Crippen molar-refractivity contribution in [3.63, 3.8) is 0 Å². The summed E-state index contributed by atoms with van der Waals surface area (Å²) in [7, 11) is 0. The average molecular weight is 568 g/mol. The van der Waals surface area contributed by atoms with Crippen LogP contribution >= 0.6 is 11.8 Å². The number of nitriles is 1. The monoisotopic (exact) mass is 567 g/mol. The van der Waals surface area contributed by atoms with Gasteiger partial charge in [-0.1, -0.05) is 20.8 Å². The third-order valence-corrected chi connectivity index (χ3v) is 10.1. The Hall–Kier alpha value is -2.87. The van der Waals surface area contributed by atoms with Gasteiger partial charge in [0.25, 0.3) is 5.91 Å². The molecule has 5 rings (SSSR count). The molecular weight excluding hydrogens is 532 g/mol. The summed E-state index contributed by atoms with van der Waals surface area (Å²) < 4.78 is 36.5. The highest BCUT2D eigenvalue weighted by molar-refractivity contribution is 8.14. The number of hydrogen-bond acceptors (Lipinski definition) is 7. The van der Waals surface area contributed by atoms with Crippen molar-refractivity contribution in [3.8, 4) is 6.07 Å². The van der Waals surface area contributed by atoms with Crippen molar-refractivity contribution < 1.29 is 18.3 Å². The molecule has 1 aromatic heterocycles. The van der Waals surface area contributed by atoms with Crippen LogP contribution in [-0.4, -0.2) is 47.1 Å². The maximum absolute atomic E-state index is 15.7. The quantitative estimate of drug-likeness (QED) is 0.506. The Bertz CT molecular complexity index is 1330. The van der Waals surface area contributed by atoms with Crippen molar-refractivity contribution in [3.05, 3.63) is 59.2 Å². The van der Waals surface area contributed by atoms with Gasteiger partial charge in [-0.3, -0.25) is 9.79 Å². The van der Waals surface area contributed by atoms with Crippen molar-refractivity contribution in [2.45, 2.75) is 51.4 Å². The minimum atomic E-state index is -0.979. The maximum atomic E-state index is 15.7.